The van der Waals surface area contributed by atoms with Crippen LogP contribution in [-0.2, 0) is 19.1 Å². The summed E-state index contributed by atoms with van der Waals surface area (Å²) in [6, 6.07) is 17.0. The molecule has 7 nitrogen and oxygen atoms in total. The van der Waals surface area contributed by atoms with Crippen LogP contribution in [0.4, 0.5) is 0 Å². The standard InChI is InChI=1S/C32H36ClN3O4/c1-19(2)17-39-31(37)27-21(5)34-22(6)28(32(38)40-18-20(3)4)29(27)26-16-36(25-10-8-7-9-11-25)35-30(26)23-12-14-24(33)15-13-23/h7-16,19-20,29,34H,17-18H2,1-6H3. The van der Waals surface area contributed by atoms with Crippen LogP contribution in [0.15, 0.2) is 83.3 Å². The molecule has 2 heterocycles. The molecule has 8 heteroatoms. The van der Waals surface area contributed by atoms with Gasteiger partial charge in [0, 0.05) is 33.7 Å². The van der Waals surface area contributed by atoms with Gasteiger partial charge in [0.25, 0.3) is 0 Å². The number of halogens is 1. The highest BCUT2D eigenvalue weighted by atomic mass is 35.5. The molecule has 0 radical (unpaired) electrons. The van der Waals surface area contributed by atoms with Gasteiger partial charge in [-0.2, -0.15) is 5.10 Å². The fraction of sp³-hybridized carbons (Fsp3) is 0.344. The lowest BCUT2D eigenvalue weighted by Gasteiger charge is -2.30. The van der Waals surface area contributed by atoms with Crippen LogP contribution in [0.5, 0.6) is 0 Å². The van der Waals surface area contributed by atoms with Crippen LogP contribution >= 0.6 is 11.6 Å². The van der Waals surface area contributed by atoms with Crippen LogP contribution in [0.1, 0.15) is 53.0 Å². The number of allylic oxidation sites excluding steroid dienone is 2. The smallest absolute Gasteiger partial charge is 0.336 e. The van der Waals surface area contributed by atoms with Crippen LogP contribution in [-0.4, -0.2) is 34.9 Å². The summed E-state index contributed by atoms with van der Waals surface area (Å²) in [5, 5.41) is 8.77. The fourth-order valence-corrected chi connectivity index (χ4v) is 4.76. The van der Waals surface area contributed by atoms with Crippen molar-refractivity contribution in [1.29, 1.82) is 0 Å². The second-order valence-corrected chi connectivity index (χ2v) is 11.3. The van der Waals surface area contributed by atoms with Crippen molar-refractivity contribution in [3.8, 4) is 16.9 Å². The number of aromatic nitrogens is 2. The first-order chi connectivity index (χ1) is 19.1. The highest BCUT2D eigenvalue weighted by molar-refractivity contribution is 6.30. The van der Waals surface area contributed by atoms with Crippen molar-refractivity contribution in [2.45, 2.75) is 47.5 Å². The van der Waals surface area contributed by atoms with Crippen LogP contribution in [0, 0.1) is 11.8 Å². The summed E-state index contributed by atoms with van der Waals surface area (Å²) in [6.07, 6.45) is 1.88. The lowest BCUT2D eigenvalue weighted by molar-refractivity contribution is -0.141. The number of rotatable bonds is 9. The Morgan fingerprint density at radius 2 is 1.40 bits per heavy atom. The van der Waals surface area contributed by atoms with Gasteiger partial charge >= 0.3 is 11.9 Å². The van der Waals surface area contributed by atoms with Crippen molar-refractivity contribution in [2.75, 3.05) is 13.2 Å². The van der Waals surface area contributed by atoms with Gasteiger partial charge in [0.2, 0.25) is 0 Å². The normalized spacial score (nSPS) is 14.1. The van der Waals surface area contributed by atoms with Crippen molar-refractivity contribution in [3.05, 3.63) is 93.9 Å². The van der Waals surface area contributed by atoms with Gasteiger partial charge in [-0.15, -0.1) is 0 Å². The van der Waals surface area contributed by atoms with E-state index >= 15 is 0 Å². The predicted molar refractivity (Wildman–Crippen MR) is 157 cm³/mol. The van der Waals surface area contributed by atoms with E-state index in [1.54, 1.807) is 16.8 Å². The molecular weight excluding hydrogens is 526 g/mol. The monoisotopic (exact) mass is 561 g/mol. The molecule has 0 amide bonds. The molecule has 3 aromatic rings. The second kappa shape index (κ2) is 12.6. The van der Waals surface area contributed by atoms with E-state index in [-0.39, 0.29) is 25.0 Å². The van der Waals surface area contributed by atoms with Gasteiger partial charge in [-0.1, -0.05) is 69.6 Å². The molecule has 0 fully saturated rings. The van der Waals surface area contributed by atoms with Crippen molar-refractivity contribution in [2.24, 2.45) is 11.8 Å². The first-order valence-electron chi connectivity index (χ1n) is 13.5. The molecule has 1 aromatic heterocycles. The van der Waals surface area contributed by atoms with Crippen LogP contribution in [0.2, 0.25) is 5.02 Å². The Morgan fingerprint density at radius 3 is 1.90 bits per heavy atom. The molecule has 0 saturated carbocycles. The molecule has 0 atom stereocenters. The lowest BCUT2D eigenvalue weighted by atomic mass is 9.79. The molecule has 2 aromatic carbocycles. The topological polar surface area (TPSA) is 82.5 Å². The average Bonchev–Trinajstić information content (AvgIpc) is 3.36. The predicted octanol–water partition coefficient (Wildman–Crippen LogP) is 6.83. The summed E-state index contributed by atoms with van der Waals surface area (Å²) in [5.41, 5.74) is 4.88. The number of para-hydroxylation sites is 1. The van der Waals surface area contributed by atoms with Gasteiger partial charge in [0.05, 0.1) is 41.7 Å². The molecule has 0 unspecified atom stereocenters. The van der Waals surface area contributed by atoms with Gasteiger partial charge < -0.3 is 14.8 Å². The number of ether oxygens (including phenoxy) is 2. The lowest BCUT2D eigenvalue weighted by Crippen LogP contribution is -2.33. The van der Waals surface area contributed by atoms with E-state index < -0.39 is 17.9 Å². The van der Waals surface area contributed by atoms with Gasteiger partial charge in [-0.25, -0.2) is 14.3 Å². The molecule has 1 N–H and O–H groups in total. The Labute approximate surface area is 240 Å². The van der Waals surface area contributed by atoms with Crippen molar-refractivity contribution < 1.29 is 19.1 Å². The Kier molecular flexibility index (Phi) is 9.15. The van der Waals surface area contributed by atoms with E-state index in [2.05, 4.69) is 5.32 Å². The number of nitrogens with one attached hydrogen (secondary N) is 1. The van der Waals surface area contributed by atoms with E-state index in [9.17, 15) is 9.59 Å². The molecule has 0 saturated heterocycles. The maximum absolute atomic E-state index is 13.7. The Bertz CT molecular complexity index is 1390. The number of benzene rings is 2. The minimum atomic E-state index is -0.774. The van der Waals surface area contributed by atoms with Gasteiger partial charge in [-0.3, -0.25) is 0 Å². The summed E-state index contributed by atoms with van der Waals surface area (Å²) in [6.45, 7) is 12.1. The fourth-order valence-electron chi connectivity index (χ4n) is 4.63. The molecule has 40 heavy (non-hydrogen) atoms. The number of carbonyl (C=O) groups is 2. The minimum absolute atomic E-state index is 0.151. The summed E-state index contributed by atoms with van der Waals surface area (Å²) in [4.78, 5) is 27.3. The number of dihydropyridines is 1. The first kappa shape index (κ1) is 29.2. The number of esters is 2. The minimum Gasteiger partial charge on any atom is -0.462 e. The highest BCUT2D eigenvalue weighted by Gasteiger charge is 2.40. The van der Waals surface area contributed by atoms with E-state index in [1.807, 2.05) is 90.2 Å². The summed E-state index contributed by atoms with van der Waals surface area (Å²) in [7, 11) is 0. The molecule has 0 aliphatic carbocycles. The Balaban J connectivity index is 1.95. The van der Waals surface area contributed by atoms with E-state index in [0.29, 0.717) is 38.8 Å². The van der Waals surface area contributed by atoms with Crippen LogP contribution in [0.3, 0.4) is 0 Å². The van der Waals surface area contributed by atoms with Crippen molar-refractivity contribution >= 4 is 23.5 Å². The highest BCUT2D eigenvalue weighted by Crippen LogP contribution is 2.43. The zero-order valence-corrected chi connectivity index (χ0v) is 24.6. The van der Waals surface area contributed by atoms with Crippen LogP contribution < -0.4 is 5.32 Å². The molecular formula is C32H36ClN3O4. The third kappa shape index (κ3) is 6.48. The summed E-state index contributed by atoms with van der Waals surface area (Å²) in [5.74, 6) is -1.44. The maximum atomic E-state index is 13.7. The average molecular weight is 562 g/mol. The van der Waals surface area contributed by atoms with Crippen molar-refractivity contribution in [1.82, 2.24) is 15.1 Å². The number of carbonyl (C=O) groups excluding carboxylic acids is 2. The first-order valence-corrected chi connectivity index (χ1v) is 13.9. The molecule has 0 bridgehead atoms. The molecule has 1 aliphatic rings. The molecule has 210 valence electrons. The zero-order chi connectivity index (χ0) is 29.0. The largest absolute Gasteiger partial charge is 0.462 e. The summed E-state index contributed by atoms with van der Waals surface area (Å²) >= 11 is 6.21. The molecule has 1 aliphatic heterocycles. The quantitative estimate of drug-likeness (QED) is 0.288. The number of hydrogen-bond acceptors (Lipinski definition) is 6. The van der Waals surface area contributed by atoms with Gasteiger partial charge in [0.15, 0.2) is 0 Å². The van der Waals surface area contributed by atoms with E-state index in [0.717, 1.165) is 11.3 Å². The maximum Gasteiger partial charge on any atom is 0.336 e. The van der Waals surface area contributed by atoms with Crippen molar-refractivity contribution in [3.63, 3.8) is 0 Å². The second-order valence-electron chi connectivity index (χ2n) is 10.8. The van der Waals surface area contributed by atoms with Gasteiger partial charge in [0.1, 0.15) is 0 Å². The third-order valence-electron chi connectivity index (χ3n) is 6.49. The summed E-state index contributed by atoms with van der Waals surface area (Å²) < 4.78 is 13.2. The number of nitrogens with zero attached hydrogens (tertiary/aromatic N) is 2. The van der Waals surface area contributed by atoms with Crippen LogP contribution in [0.25, 0.3) is 16.9 Å². The third-order valence-corrected chi connectivity index (χ3v) is 6.74. The Morgan fingerprint density at radius 1 is 0.875 bits per heavy atom. The molecule has 4 rings (SSSR count). The van der Waals surface area contributed by atoms with E-state index in [1.165, 1.54) is 0 Å². The zero-order valence-electron chi connectivity index (χ0n) is 23.8. The Hall–Kier alpha value is -3.84. The van der Waals surface area contributed by atoms with Gasteiger partial charge in [-0.05, 0) is 49.9 Å². The number of hydrogen-bond donors (Lipinski definition) is 1. The molecule has 0 spiro atoms. The van der Waals surface area contributed by atoms with E-state index in [4.69, 9.17) is 26.2 Å². The SMILES string of the molecule is CC1=C(C(=O)OCC(C)C)C(c2cn(-c3ccccc3)nc2-c2ccc(Cl)cc2)C(C(=O)OCC(C)C)=C(C)N1.